The lowest BCUT2D eigenvalue weighted by atomic mass is 9.90. The second-order valence-electron chi connectivity index (χ2n) is 4.09. The second kappa shape index (κ2) is 5.23. The zero-order chi connectivity index (χ0) is 14.2. The molecule has 104 valence electrons. The van der Waals surface area contributed by atoms with Crippen LogP contribution in [-0.2, 0) is 0 Å². The molecule has 2 atom stereocenters. The van der Waals surface area contributed by atoms with Gasteiger partial charge >= 0.3 is 0 Å². The fourth-order valence-corrected chi connectivity index (χ4v) is 2.87. The van der Waals surface area contributed by atoms with Crippen molar-refractivity contribution in [3.8, 4) is 11.5 Å². The van der Waals surface area contributed by atoms with E-state index in [9.17, 15) is 10.1 Å². The fourth-order valence-electron chi connectivity index (χ4n) is 2.08. The minimum atomic E-state index is -1.80. The van der Waals surface area contributed by atoms with Crippen molar-refractivity contribution in [1.29, 1.82) is 0 Å². The van der Waals surface area contributed by atoms with E-state index in [2.05, 4.69) is 0 Å². The van der Waals surface area contributed by atoms with Gasteiger partial charge < -0.3 is 9.47 Å². The highest BCUT2D eigenvalue weighted by Gasteiger charge is 2.50. The number of nitro groups is 1. The van der Waals surface area contributed by atoms with Gasteiger partial charge in [0.15, 0.2) is 6.61 Å². The summed E-state index contributed by atoms with van der Waals surface area (Å²) in [6.45, 7) is -0.134. The normalized spacial score (nSPS) is 22.3. The van der Waals surface area contributed by atoms with Crippen LogP contribution >= 0.6 is 34.8 Å². The van der Waals surface area contributed by atoms with Crippen LogP contribution in [0.2, 0.25) is 0 Å². The maximum absolute atomic E-state index is 11.1. The summed E-state index contributed by atoms with van der Waals surface area (Å²) in [5.74, 6) is 0.0900. The SMILES string of the molecule is COc1ccc2c(c1)C(C(Cl)(Cl)Cl)C([N+](=O)[O-])CO2. The van der Waals surface area contributed by atoms with Crippen LogP contribution in [-0.4, -0.2) is 28.5 Å². The molecule has 1 heterocycles. The molecule has 1 aliphatic rings. The zero-order valence-corrected chi connectivity index (χ0v) is 12.1. The topological polar surface area (TPSA) is 61.6 Å². The number of methoxy groups -OCH3 is 1. The molecule has 1 aromatic carbocycles. The first-order valence-electron chi connectivity index (χ1n) is 5.35. The summed E-state index contributed by atoms with van der Waals surface area (Å²) in [6.07, 6.45) is 0. The van der Waals surface area contributed by atoms with Crippen LogP contribution in [0.25, 0.3) is 0 Å². The number of benzene rings is 1. The summed E-state index contributed by atoms with van der Waals surface area (Å²) in [7, 11) is 1.49. The van der Waals surface area contributed by atoms with Crippen molar-refractivity contribution >= 4 is 34.8 Å². The van der Waals surface area contributed by atoms with Gasteiger partial charge in [-0.1, -0.05) is 34.8 Å². The highest BCUT2D eigenvalue weighted by atomic mass is 35.6. The van der Waals surface area contributed by atoms with Crippen LogP contribution in [0.4, 0.5) is 0 Å². The Morgan fingerprint density at radius 1 is 1.47 bits per heavy atom. The van der Waals surface area contributed by atoms with E-state index in [1.54, 1.807) is 18.2 Å². The highest BCUT2D eigenvalue weighted by molar-refractivity contribution is 6.68. The molecule has 0 fully saturated rings. The Bertz CT molecular complexity index is 503. The Kier molecular flexibility index (Phi) is 3.99. The molecule has 0 spiro atoms. The second-order valence-corrected chi connectivity index (χ2v) is 6.46. The molecular formula is C11H10Cl3NO4. The van der Waals surface area contributed by atoms with E-state index in [0.29, 0.717) is 17.1 Å². The minimum Gasteiger partial charge on any atom is -0.497 e. The monoisotopic (exact) mass is 325 g/mol. The molecule has 0 N–H and O–H groups in total. The average molecular weight is 327 g/mol. The summed E-state index contributed by atoms with van der Waals surface area (Å²) in [4.78, 5) is 10.6. The lowest BCUT2D eigenvalue weighted by Crippen LogP contribution is -2.42. The smallest absolute Gasteiger partial charge is 0.257 e. The molecule has 0 radical (unpaired) electrons. The number of fused-ring (bicyclic) bond motifs is 1. The number of alkyl halides is 3. The van der Waals surface area contributed by atoms with Crippen LogP contribution in [0.1, 0.15) is 11.5 Å². The summed E-state index contributed by atoms with van der Waals surface area (Å²) < 4.78 is 8.63. The van der Waals surface area contributed by atoms with Crippen molar-refractivity contribution < 1.29 is 14.4 Å². The maximum Gasteiger partial charge on any atom is 0.257 e. The van der Waals surface area contributed by atoms with E-state index in [4.69, 9.17) is 44.3 Å². The molecule has 2 rings (SSSR count). The summed E-state index contributed by atoms with van der Waals surface area (Å²) in [5.41, 5.74) is 0.465. The molecule has 0 aliphatic carbocycles. The fraction of sp³-hybridized carbons (Fsp3) is 0.455. The number of rotatable bonds is 2. The molecule has 1 aromatic rings. The molecule has 0 amide bonds. The van der Waals surface area contributed by atoms with Crippen molar-refractivity contribution in [3.63, 3.8) is 0 Å². The van der Waals surface area contributed by atoms with Crippen LogP contribution < -0.4 is 9.47 Å². The van der Waals surface area contributed by atoms with Gasteiger partial charge in [0.05, 0.1) is 7.11 Å². The van der Waals surface area contributed by atoms with Gasteiger partial charge in [-0.2, -0.15) is 0 Å². The average Bonchev–Trinajstić information content (AvgIpc) is 2.35. The first-order chi connectivity index (χ1) is 8.84. The lowest BCUT2D eigenvalue weighted by molar-refractivity contribution is -0.530. The van der Waals surface area contributed by atoms with Crippen LogP contribution in [0.3, 0.4) is 0 Å². The van der Waals surface area contributed by atoms with Crippen molar-refractivity contribution in [3.05, 3.63) is 33.9 Å². The van der Waals surface area contributed by atoms with Crippen LogP contribution in [0.15, 0.2) is 18.2 Å². The Labute approximate surface area is 124 Å². The lowest BCUT2D eigenvalue weighted by Gasteiger charge is -2.32. The Hall–Kier alpha value is -0.910. The van der Waals surface area contributed by atoms with Crippen molar-refractivity contribution in [1.82, 2.24) is 0 Å². The predicted molar refractivity (Wildman–Crippen MR) is 72.3 cm³/mol. The molecule has 19 heavy (non-hydrogen) atoms. The number of nitrogens with zero attached hydrogens (tertiary/aromatic N) is 1. The predicted octanol–water partition coefficient (Wildman–Crippen LogP) is 3.19. The van der Waals surface area contributed by atoms with E-state index in [1.807, 2.05) is 0 Å². The number of hydrogen-bond donors (Lipinski definition) is 0. The van der Waals surface area contributed by atoms with Crippen LogP contribution in [0, 0.1) is 10.1 Å². The Balaban J connectivity index is 2.54. The van der Waals surface area contributed by atoms with E-state index < -0.39 is 20.7 Å². The van der Waals surface area contributed by atoms with Crippen molar-refractivity contribution in [2.24, 2.45) is 0 Å². The Morgan fingerprint density at radius 2 is 2.16 bits per heavy atom. The van der Waals surface area contributed by atoms with Crippen LogP contribution in [0.5, 0.6) is 11.5 Å². The van der Waals surface area contributed by atoms with Gasteiger partial charge in [-0.3, -0.25) is 10.1 Å². The van der Waals surface area contributed by atoms with E-state index in [0.717, 1.165) is 0 Å². The van der Waals surface area contributed by atoms with E-state index in [1.165, 1.54) is 7.11 Å². The van der Waals surface area contributed by atoms with Gasteiger partial charge in [-0.15, -0.1) is 0 Å². The molecule has 0 bridgehead atoms. The largest absolute Gasteiger partial charge is 0.497 e. The summed E-state index contributed by atoms with van der Waals surface area (Å²) >= 11 is 17.7. The minimum absolute atomic E-state index is 0.134. The molecular weight excluding hydrogens is 316 g/mol. The third-order valence-electron chi connectivity index (χ3n) is 2.97. The third-order valence-corrected chi connectivity index (χ3v) is 3.68. The number of ether oxygens (including phenoxy) is 2. The molecule has 8 heteroatoms. The van der Waals surface area contributed by atoms with Crippen molar-refractivity contribution in [2.45, 2.75) is 15.8 Å². The number of hydrogen-bond acceptors (Lipinski definition) is 4. The van der Waals surface area contributed by atoms with Gasteiger partial charge in [-0.05, 0) is 18.2 Å². The van der Waals surface area contributed by atoms with E-state index in [-0.39, 0.29) is 6.61 Å². The highest BCUT2D eigenvalue weighted by Crippen LogP contribution is 2.49. The molecule has 2 unspecified atom stereocenters. The van der Waals surface area contributed by atoms with Crippen molar-refractivity contribution in [2.75, 3.05) is 13.7 Å². The number of halogens is 3. The molecule has 0 saturated carbocycles. The Morgan fingerprint density at radius 3 is 2.68 bits per heavy atom. The molecule has 0 aromatic heterocycles. The van der Waals surface area contributed by atoms with Gasteiger partial charge in [0.2, 0.25) is 3.79 Å². The van der Waals surface area contributed by atoms with Gasteiger partial charge in [0.25, 0.3) is 6.04 Å². The quantitative estimate of drug-likeness (QED) is 0.476. The molecule has 1 aliphatic heterocycles. The van der Waals surface area contributed by atoms with Gasteiger partial charge in [0.1, 0.15) is 17.4 Å². The molecule has 0 saturated heterocycles. The first-order valence-corrected chi connectivity index (χ1v) is 6.49. The van der Waals surface area contributed by atoms with Gasteiger partial charge in [-0.25, -0.2) is 0 Å². The third kappa shape index (κ3) is 2.83. The standard InChI is InChI=1S/C11H10Cl3NO4/c1-18-6-2-3-9-7(4-6)10(11(12,13)14)8(5-19-9)15(16)17/h2-4,8,10H,5H2,1H3. The zero-order valence-electron chi connectivity index (χ0n) is 9.81. The maximum atomic E-state index is 11.1. The summed E-state index contributed by atoms with van der Waals surface area (Å²) in [6, 6.07) is 3.80. The summed E-state index contributed by atoms with van der Waals surface area (Å²) in [5, 5.41) is 11.1. The molecule has 5 nitrogen and oxygen atoms in total. The first kappa shape index (κ1) is 14.5. The van der Waals surface area contributed by atoms with E-state index >= 15 is 0 Å². The van der Waals surface area contributed by atoms with Gasteiger partial charge in [0, 0.05) is 10.5 Å².